The van der Waals surface area contributed by atoms with Gasteiger partial charge in [0, 0.05) is 23.9 Å². The molecular weight excluding hydrogens is 422 g/mol. The molecule has 136 valence electrons. The second kappa shape index (κ2) is 7.20. The molecule has 2 rings (SSSR count). The number of aromatic nitrogens is 2. The van der Waals surface area contributed by atoms with Crippen LogP contribution in [0.2, 0.25) is 0 Å². The number of halogens is 3. The van der Waals surface area contributed by atoms with Gasteiger partial charge in [0.2, 0.25) is 20.9 Å². The maximum atomic E-state index is 13.7. The summed E-state index contributed by atoms with van der Waals surface area (Å²) in [6.45, 7) is 2.92. The van der Waals surface area contributed by atoms with E-state index in [2.05, 4.69) is 20.9 Å². The largest absolute Gasteiger partial charge is 0.472 e. The molecule has 0 bridgehead atoms. The first kappa shape index (κ1) is 19.5. The smallest absolute Gasteiger partial charge is 0.272 e. The van der Waals surface area contributed by atoms with Crippen molar-refractivity contribution >= 4 is 25.8 Å². The second-order valence-corrected chi connectivity index (χ2v) is 8.28. The highest BCUT2D eigenvalue weighted by molar-refractivity contribution is 9.10. The van der Waals surface area contributed by atoms with E-state index in [0.717, 1.165) is 16.9 Å². The van der Waals surface area contributed by atoms with E-state index in [1.807, 2.05) is 0 Å². The zero-order valence-corrected chi connectivity index (χ0v) is 16.0. The van der Waals surface area contributed by atoms with Crippen molar-refractivity contribution in [3.8, 4) is 5.88 Å². The summed E-state index contributed by atoms with van der Waals surface area (Å²) < 4.78 is 56.7. The van der Waals surface area contributed by atoms with E-state index in [1.165, 1.54) is 6.07 Å². The predicted molar refractivity (Wildman–Crippen MR) is 90.4 cm³/mol. The van der Waals surface area contributed by atoms with E-state index in [9.17, 15) is 22.0 Å². The molecule has 0 saturated carbocycles. The summed E-state index contributed by atoms with van der Waals surface area (Å²) >= 11 is 3.03. The molecule has 1 aromatic carbocycles. The molecular formula is C15H15BrF2N2O4S. The van der Waals surface area contributed by atoms with E-state index in [1.54, 1.807) is 13.8 Å². The Kier molecular flexibility index (Phi) is 5.62. The van der Waals surface area contributed by atoms with Crippen LogP contribution in [0, 0.1) is 11.6 Å². The highest BCUT2D eigenvalue weighted by atomic mass is 79.9. The molecule has 0 N–H and O–H groups in total. The van der Waals surface area contributed by atoms with Crippen LogP contribution < -0.4 is 10.3 Å². The Balaban J connectivity index is 2.48. The Labute approximate surface area is 151 Å². The van der Waals surface area contributed by atoms with Crippen LogP contribution in [0.15, 0.2) is 32.6 Å². The summed E-state index contributed by atoms with van der Waals surface area (Å²) in [6.07, 6.45) is 0.922. The molecule has 0 radical (unpaired) electrons. The molecule has 25 heavy (non-hydrogen) atoms. The quantitative estimate of drug-likeness (QED) is 0.673. The zero-order chi connectivity index (χ0) is 18.9. The molecule has 0 aliphatic carbocycles. The molecule has 2 aromatic rings. The number of sulfone groups is 1. The lowest BCUT2D eigenvalue weighted by Gasteiger charge is -2.16. The lowest BCUT2D eigenvalue weighted by molar-refractivity contribution is 0.277. The van der Waals surface area contributed by atoms with Gasteiger partial charge in [-0.25, -0.2) is 17.2 Å². The summed E-state index contributed by atoms with van der Waals surface area (Å²) in [5, 5.41) is -0.453. The first-order valence-electron chi connectivity index (χ1n) is 7.11. The third kappa shape index (κ3) is 4.24. The average Bonchev–Trinajstić information content (AvgIpc) is 2.48. The van der Waals surface area contributed by atoms with E-state index >= 15 is 0 Å². The van der Waals surface area contributed by atoms with Gasteiger partial charge in [-0.2, -0.15) is 4.98 Å². The summed E-state index contributed by atoms with van der Waals surface area (Å²) in [5.74, 6) is -1.85. The van der Waals surface area contributed by atoms with Crippen molar-refractivity contribution in [3.63, 3.8) is 0 Å². The lowest BCUT2D eigenvalue weighted by Crippen LogP contribution is -2.29. The van der Waals surface area contributed by atoms with Gasteiger partial charge in [0.05, 0.1) is 0 Å². The van der Waals surface area contributed by atoms with Crippen LogP contribution in [0.25, 0.3) is 0 Å². The first-order valence-corrected chi connectivity index (χ1v) is 9.79. The minimum atomic E-state index is -3.81. The monoisotopic (exact) mass is 436 g/mol. The Morgan fingerprint density at radius 2 is 1.96 bits per heavy atom. The topological polar surface area (TPSA) is 78.3 Å². The molecule has 10 heteroatoms. The maximum Gasteiger partial charge on any atom is 0.272 e. The number of hydrogen-bond acceptors (Lipinski definition) is 5. The molecule has 0 unspecified atom stereocenters. The summed E-state index contributed by atoms with van der Waals surface area (Å²) in [7, 11) is -3.81. The Hall–Kier alpha value is -1.81. The lowest BCUT2D eigenvalue weighted by atomic mass is 10.2. The van der Waals surface area contributed by atoms with Crippen molar-refractivity contribution < 1.29 is 21.9 Å². The fourth-order valence-electron chi connectivity index (χ4n) is 2.07. The van der Waals surface area contributed by atoms with E-state index in [0.29, 0.717) is 6.07 Å². The number of hydrogen-bond donors (Lipinski definition) is 0. The zero-order valence-electron chi connectivity index (χ0n) is 13.6. The average molecular weight is 437 g/mol. The molecule has 0 atom stereocenters. The van der Waals surface area contributed by atoms with Gasteiger partial charge in [-0.05, 0) is 41.9 Å². The normalized spacial score (nSPS) is 11.8. The van der Waals surface area contributed by atoms with Crippen LogP contribution in [-0.2, 0) is 16.4 Å². The van der Waals surface area contributed by atoms with Crippen molar-refractivity contribution in [1.29, 1.82) is 0 Å². The van der Waals surface area contributed by atoms with E-state index in [-0.39, 0.29) is 22.5 Å². The van der Waals surface area contributed by atoms with Crippen molar-refractivity contribution in [2.75, 3.05) is 6.26 Å². The van der Waals surface area contributed by atoms with Gasteiger partial charge in [-0.1, -0.05) is 0 Å². The van der Waals surface area contributed by atoms with Gasteiger partial charge in [0.15, 0.2) is 0 Å². The first-order chi connectivity index (χ1) is 11.5. The second-order valence-electron chi connectivity index (χ2n) is 5.58. The minimum absolute atomic E-state index is 0.0315. The summed E-state index contributed by atoms with van der Waals surface area (Å²) in [5.41, 5.74) is -0.607. The molecule has 0 amide bonds. The minimum Gasteiger partial charge on any atom is -0.472 e. The Bertz CT molecular complexity index is 974. The standard InChI is InChI=1S/C15H15BrF2N2O4S/c1-8(2)20-14(21)12(16)13(19-15(20)25(3,22)23)24-7-9-4-5-10(17)6-11(9)18/h4-6,8H,7H2,1-3H3. The van der Waals surface area contributed by atoms with Crippen LogP contribution in [0.5, 0.6) is 5.88 Å². The van der Waals surface area contributed by atoms with Crippen LogP contribution in [-0.4, -0.2) is 24.2 Å². The van der Waals surface area contributed by atoms with Gasteiger partial charge in [0.25, 0.3) is 5.56 Å². The molecule has 1 heterocycles. The highest BCUT2D eigenvalue weighted by Crippen LogP contribution is 2.24. The summed E-state index contributed by atoms with van der Waals surface area (Å²) in [6, 6.07) is 2.48. The van der Waals surface area contributed by atoms with E-state index < -0.39 is 38.2 Å². The number of ether oxygens (including phenoxy) is 1. The van der Waals surface area contributed by atoms with Gasteiger partial charge < -0.3 is 4.74 Å². The fraction of sp³-hybridized carbons (Fsp3) is 0.333. The summed E-state index contributed by atoms with van der Waals surface area (Å²) in [4.78, 5) is 16.3. The van der Waals surface area contributed by atoms with Gasteiger partial charge in [-0.3, -0.25) is 9.36 Å². The molecule has 1 aromatic heterocycles. The molecule has 0 aliphatic heterocycles. The molecule has 0 aliphatic rings. The molecule has 6 nitrogen and oxygen atoms in total. The Morgan fingerprint density at radius 1 is 1.32 bits per heavy atom. The molecule has 0 fully saturated rings. The third-order valence-electron chi connectivity index (χ3n) is 3.23. The Morgan fingerprint density at radius 3 is 2.48 bits per heavy atom. The van der Waals surface area contributed by atoms with Crippen LogP contribution in [0.4, 0.5) is 8.78 Å². The number of nitrogens with zero attached hydrogens (tertiary/aromatic N) is 2. The molecule has 0 spiro atoms. The number of benzene rings is 1. The van der Waals surface area contributed by atoms with E-state index in [4.69, 9.17) is 4.74 Å². The molecule has 0 saturated heterocycles. The number of rotatable bonds is 5. The van der Waals surface area contributed by atoms with Crippen molar-refractivity contribution in [1.82, 2.24) is 9.55 Å². The van der Waals surface area contributed by atoms with Crippen molar-refractivity contribution in [3.05, 3.63) is 50.2 Å². The van der Waals surface area contributed by atoms with Gasteiger partial charge in [0.1, 0.15) is 22.7 Å². The van der Waals surface area contributed by atoms with Crippen molar-refractivity contribution in [2.45, 2.75) is 31.7 Å². The van der Waals surface area contributed by atoms with Crippen molar-refractivity contribution in [2.24, 2.45) is 0 Å². The predicted octanol–water partition coefficient (Wildman–Crippen LogP) is 2.85. The SMILES string of the molecule is CC(C)n1c(S(C)(=O)=O)nc(OCc2ccc(F)cc2F)c(Br)c1=O. The van der Waals surface area contributed by atoms with Gasteiger partial charge >= 0.3 is 0 Å². The third-order valence-corrected chi connectivity index (χ3v) is 4.85. The van der Waals surface area contributed by atoms with Gasteiger partial charge in [-0.15, -0.1) is 0 Å². The highest BCUT2D eigenvalue weighted by Gasteiger charge is 2.24. The maximum absolute atomic E-state index is 13.7. The van der Waals surface area contributed by atoms with Crippen LogP contribution in [0.3, 0.4) is 0 Å². The van der Waals surface area contributed by atoms with Crippen LogP contribution in [0.1, 0.15) is 25.5 Å². The fourth-order valence-corrected chi connectivity index (χ4v) is 3.37. The van der Waals surface area contributed by atoms with Crippen LogP contribution >= 0.6 is 15.9 Å².